The van der Waals surface area contributed by atoms with Gasteiger partial charge in [-0.15, -0.1) is 0 Å². The van der Waals surface area contributed by atoms with Crippen LogP contribution in [0.1, 0.15) is 18.2 Å². The van der Waals surface area contributed by atoms with Gasteiger partial charge in [-0.3, -0.25) is 19.7 Å². The number of fused-ring (bicyclic) bond motifs is 1. The third-order valence-electron chi connectivity index (χ3n) is 4.56. The fraction of sp³-hybridized carbons (Fsp3) is 0.150. The van der Waals surface area contributed by atoms with Gasteiger partial charge in [-0.2, -0.15) is 0 Å². The van der Waals surface area contributed by atoms with Gasteiger partial charge in [0, 0.05) is 24.2 Å². The summed E-state index contributed by atoms with van der Waals surface area (Å²) in [4.78, 5) is 29.9. The van der Waals surface area contributed by atoms with E-state index in [1.807, 2.05) is 25.1 Å². The first-order valence-corrected chi connectivity index (χ1v) is 8.99. The largest absolute Gasteiger partial charge is 0.307 e. The van der Waals surface area contributed by atoms with Crippen molar-refractivity contribution in [2.45, 2.75) is 19.9 Å². The number of rotatable bonds is 4. The van der Waals surface area contributed by atoms with Crippen LogP contribution in [0.2, 0.25) is 5.02 Å². The predicted octanol–water partition coefficient (Wildman–Crippen LogP) is 3.14. The van der Waals surface area contributed by atoms with Gasteiger partial charge in [0.05, 0.1) is 28.2 Å². The van der Waals surface area contributed by atoms with Crippen LogP contribution in [0.4, 0.5) is 0 Å². The van der Waals surface area contributed by atoms with Crippen LogP contribution in [0, 0.1) is 0 Å². The zero-order valence-corrected chi connectivity index (χ0v) is 15.4. The summed E-state index contributed by atoms with van der Waals surface area (Å²) in [6.07, 6.45) is 3.95. The highest BCUT2D eigenvalue weighted by Crippen LogP contribution is 2.20. The number of nitrogens with zero attached hydrogens (tertiary/aromatic N) is 3. The van der Waals surface area contributed by atoms with Crippen molar-refractivity contribution in [2.24, 2.45) is 0 Å². The van der Waals surface area contributed by atoms with Crippen LogP contribution in [-0.2, 0) is 13.0 Å². The topological polar surface area (TPSA) is 72.7 Å². The number of para-hydroxylation sites is 1. The molecule has 0 radical (unpaired) electrons. The van der Waals surface area contributed by atoms with E-state index < -0.39 is 0 Å². The summed E-state index contributed by atoms with van der Waals surface area (Å²) in [6, 6.07) is 12.3. The molecule has 0 atom stereocenters. The fourth-order valence-corrected chi connectivity index (χ4v) is 3.54. The van der Waals surface area contributed by atoms with Crippen molar-refractivity contribution >= 4 is 22.5 Å². The third kappa shape index (κ3) is 2.98. The molecular formula is C20H17ClN4O2. The average molecular weight is 381 g/mol. The molecule has 6 nitrogen and oxygen atoms in total. The Balaban J connectivity index is 1.97. The molecule has 27 heavy (non-hydrogen) atoms. The molecule has 136 valence electrons. The van der Waals surface area contributed by atoms with Crippen molar-refractivity contribution < 1.29 is 0 Å². The van der Waals surface area contributed by atoms with Crippen LogP contribution >= 0.6 is 11.6 Å². The number of aromatic amines is 1. The summed E-state index contributed by atoms with van der Waals surface area (Å²) in [5.41, 5.74) is 2.24. The maximum absolute atomic E-state index is 13.1. The number of hydrogen-bond acceptors (Lipinski definition) is 3. The summed E-state index contributed by atoms with van der Waals surface area (Å²) in [6.45, 7) is 2.29. The number of hydrogen-bond donors (Lipinski definition) is 1. The molecule has 4 aromatic rings. The monoisotopic (exact) mass is 380 g/mol. The molecule has 0 bridgehead atoms. The van der Waals surface area contributed by atoms with Crippen LogP contribution in [0.3, 0.4) is 0 Å². The molecule has 0 aliphatic carbocycles. The van der Waals surface area contributed by atoms with Crippen molar-refractivity contribution in [3.63, 3.8) is 0 Å². The van der Waals surface area contributed by atoms with Crippen LogP contribution in [0.5, 0.6) is 0 Å². The van der Waals surface area contributed by atoms with E-state index in [-0.39, 0.29) is 11.1 Å². The Morgan fingerprint density at radius 3 is 2.67 bits per heavy atom. The zero-order chi connectivity index (χ0) is 19.0. The van der Waals surface area contributed by atoms with E-state index in [0.29, 0.717) is 40.3 Å². The van der Waals surface area contributed by atoms with E-state index in [1.54, 1.807) is 35.2 Å². The highest BCUT2D eigenvalue weighted by molar-refractivity contribution is 6.32. The Hall–Kier alpha value is -3.12. The molecule has 0 aliphatic heterocycles. The molecule has 4 rings (SSSR count). The zero-order valence-electron chi connectivity index (χ0n) is 14.6. The van der Waals surface area contributed by atoms with Crippen molar-refractivity contribution in [3.8, 4) is 5.69 Å². The summed E-state index contributed by atoms with van der Waals surface area (Å²) in [5, 5.41) is 3.98. The second-order valence-corrected chi connectivity index (χ2v) is 6.63. The average Bonchev–Trinajstić information content (AvgIpc) is 2.99. The van der Waals surface area contributed by atoms with Crippen molar-refractivity contribution in [3.05, 3.63) is 91.8 Å². The van der Waals surface area contributed by atoms with Crippen molar-refractivity contribution in [2.75, 3.05) is 0 Å². The van der Waals surface area contributed by atoms with E-state index in [2.05, 4.69) is 10.1 Å². The predicted molar refractivity (Wildman–Crippen MR) is 106 cm³/mol. The lowest BCUT2D eigenvalue weighted by atomic mass is 10.1. The summed E-state index contributed by atoms with van der Waals surface area (Å²) in [7, 11) is 0. The summed E-state index contributed by atoms with van der Waals surface area (Å²) < 4.78 is 3.02. The Morgan fingerprint density at radius 1 is 1.15 bits per heavy atom. The van der Waals surface area contributed by atoms with Gasteiger partial charge in [-0.25, -0.2) is 4.68 Å². The molecule has 1 N–H and O–H groups in total. The lowest BCUT2D eigenvalue weighted by Gasteiger charge is -2.12. The van der Waals surface area contributed by atoms with Gasteiger partial charge < -0.3 is 4.57 Å². The van der Waals surface area contributed by atoms with E-state index in [4.69, 9.17) is 11.6 Å². The SMILES string of the molecule is CCc1c2c(=O)n(-c3ccccc3Cl)[nH]c2cc(=O)n1Cc1cccnc1. The van der Waals surface area contributed by atoms with Gasteiger partial charge in [0.25, 0.3) is 11.1 Å². The van der Waals surface area contributed by atoms with Gasteiger partial charge >= 0.3 is 0 Å². The first kappa shape index (κ1) is 17.3. The molecule has 3 aromatic heterocycles. The van der Waals surface area contributed by atoms with Gasteiger partial charge in [0.2, 0.25) is 0 Å². The number of halogens is 1. The van der Waals surface area contributed by atoms with E-state index in [0.717, 1.165) is 5.56 Å². The first-order valence-electron chi connectivity index (χ1n) is 8.61. The van der Waals surface area contributed by atoms with Gasteiger partial charge in [-0.05, 0) is 30.2 Å². The summed E-state index contributed by atoms with van der Waals surface area (Å²) in [5.74, 6) is 0. The van der Waals surface area contributed by atoms with Crippen molar-refractivity contribution in [1.29, 1.82) is 0 Å². The standard InChI is InChI=1S/C20H17ClN4O2/c1-2-16-19-15(10-18(26)24(16)12-13-6-5-9-22-11-13)23-25(20(19)27)17-8-4-3-7-14(17)21/h3-11,23H,2,12H2,1H3. The molecule has 7 heteroatoms. The van der Waals surface area contributed by atoms with Crippen LogP contribution < -0.4 is 11.1 Å². The molecule has 3 heterocycles. The lowest BCUT2D eigenvalue weighted by Crippen LogP contribution is -2.25. The molecule has 0 unspecified atom stereocenters. The quantitative estimate of drug-likeness (QED) is 0.591. The van der Waals surface area contributed by atoms with Crippen LogP contribution in [-0.4, -0.2) is 19.3 Å². The first-order chi connectivity index (χ1) is 13.1. The molecular weight excluding hydrogens is 364 g/mol. The molecule has 0 saturated carbocycles. The Morgan fingerprint density at radius 2 is 1.96 bits per heavy atom. The smallest absolute Gasteiger partial charge is 0.280 e. The highest BCUT2D eigenvalue weighted by atomic mass is 35.5. The van der Waals surface area contributed by atoms with Gasteiger partial charge in [-0.1, -0.05) is 36.7 Å². The molecule has 0 fully saturated rings. The number of H-pyrrole nitrogens is 1. The number of aryl methyl sites for hydroxylation is 1. The Labute approximate surface area is 159 Å². The molecule has 0 aliphatic rings. The highest BCUT2D eigenvalue weighted by Gasteiger charge is 2.17. The molecule has 0 spiro atoms. The van der Waals surface area contributed by atoms with E-state index >= 15 is 0 Å². The molecule has 0 amide bonds. The van der Waals surface area contributed by atoms with Gasteiger partial charge in [0.15, 0.2) is 0 Å². The number of aromatic nitrogens is 4. The minimum absolute atomic E-state index is 0.171. The van der Waals surface area contributed by atoms with Crippen LogP contribution in [0.15, 0.2) is 64.4 Å². The normalized spacial score (nSPS) is 11.2. The second kappa shape index (κ2) is 6.89. The second-order valence-electron chi connectivity index (χ2n) is 6.22. The minimum Gasteiger partial charge on any atom is -0.307 e. The minimum atomic E-state index is -0.227. The van der Waals surface area contributed by atoms with E-state index in [1.165, 1.54) is 10.7 Å². The number of nitrogens with one attached hydrogen (secondary N) is 1. The summed E-state index contributed by atoms with van der Waals surface area (Å²) >= 11 is 6.25. The fourth-order valence-electron chi connectivity index (χ4n) is 3.32. The maximum Gasteiger partial charge on any atom is 0.280 e. The maximum atomic E-state index is 13.1. The van der Waals surface area contributed by atoms with Crippen molar-refractivity contribution in [1.82, 2.24) is 19.3 Å². The van der Waals surface area contributed by atoms with Crippen LogP contribution in [0.25, 0.3) is 16.6 Å². The Bertz CT molecular complexity index is 1240. The molecule has 1 aromatic carbocycles. The van der Waals surface area contributed by atoms with Gasteiger partial charge in [0.1, 0.15) is 0 Å². The molecule has 0 saturated heterocycles. The lowest BCUT2D eigenvalue weighted by molar-refractivity contribution is 0.714. The number of pyridine rings is 2. The third-order valence-corrected chi connectivity index (χ3v) is 4.88. The number of benzene rings is 1. The van der Waals surface area contributed by atoms with E-state index in [9.17, 15) is 9.59 Å². The Kier molecular flexibility index (Phi) is 4.41.